The van der Waals surface area contributed by atoms with Gasteiger partial charge in [0.15, 0.2) is 0 Å². The summed E-state index contributed by atoms with van der Waals surface area (Å²) in [7, 11) is 1.85. The van der Waals surface area contributed by atoms with Gasteiger partial charge in [0.05, 0.1) is 29.3 Å². The number of rotatable bonds is 6. The van der Waals surface area contributed by atoms with Gasteiger partial charge >= 0.3 is 6.03 Å². The lowest BCUT2D eigenvalue weighted by Gasteiger charge is -2.27. The number of imidazole rings is 1. The maximum absolute atomic E-state index is 12.6. The van der Waals surface area contributed by atoms with Gasteiger partial charge in [-0.2, -0.15) is 0 Å². The number of aromatic nitrogens is 4. The number of hydrogen-bond acceptors (Lipinski definition) is 5. The van der Waals surface area contributed by atoms with Gasteiger partial charge in [-0.05, 0) is 57.0 Å². The first-order valence-electron chi connectivity index (χ1n) is 10.8. The molecule has 1 N–H and O–H groups in total. The van der Waals surface area contributed by atoms with E-state index < -0.39 is 0 Å². The number of benzene rings is 1. The third-order valence-corrected chi connectivity index (χ3v) is 6.56. The molecule has 8 nitrogen and oxygen atoms in total. The van der Waals surface area contributed by atoms with Crippen molar-refractivity contribution in [3.63, 3.8) is 0 Å². The fraction of sp³-hybridized carbons (Fsp3) is 0.391. The van der Waals surface area contributed by atoms with Crippen LogP contribution in [0.3, 0.4) is 0 Å². The zero-order valence-corrected chi connectivity index (χ0v) is 19.2. The van der Waals surface area contributed by atoms with E-state index in [1.165, 1.54) is 0 Å². The van der Waals surface area contributed by atoms with E-state index >= 15 is 0 Å². The summed E-state index contributed by atoms with van der Waals surface area (Å²) in [6, 6.07) is 9.61. The van der Waals surface area contributed by atoms with Crippen molar-refractivity contribution in [3.8, 4) is 5.69 Å². The second-order valence-corrected chi connectivity index (χ2v) is 9.09. The van der Waals surface area contributed by atoms with Gasteiger partial charge in [0.25, 0.3) is 0 Å². The molecule has 1 saturated heterocycles. The Morgan fingerprint density at radius 1 is 1.16 bits per heavy atom. The maximum Gasteiger partial charge on any atom is 0.320 e. The van der Waals surface area contributed by atoms with E-state index in [4.69, 9.17) is 16.6 Å². The Morgan fingerprint density at radius 2 is 1.91 bits per heavy atom. The molecule has 2 aliphatic rings. The molecule has 9 heteroatoms. The van der Waals surface area contributed by atoms with Crippen molar-refractivity contribution >= 4 is 23.6 Å². The smallest absolute Gasteiger partial charge is 0.320 e. The summed E-state index contributed by atoms with van der Waals surface area (Å²) in [5, 5.41) is 4.09. The van der Waals surface area contributed by atoms with Crippen LogP contribution in [-0.4, -0.2) is 55.5 Å². The number of hydrogen-bond donors (Lipinski definition) is 1. The minimum absolute atomic E-state index is 0.0781. The summed E-state index contributed by atoms with van der Waals surface area (Å²) >= 11 is 5.99. The van der Waals surface area contributed by atoms with Crippen molar-refractivity contribution in [1.29, 1.82) is 0 Å². The highest BCUT2D eigenvalue weighted by Crippen LogP contribution is 2.51. The van der Waals surface area contributed by atoms with Gasteiger partial charge in [-0.1, -0.05) is 11.6 Å². The quantitative estimate of drug-likeness (QED) is 0.609. The number of carbonyl (C=O) groups excluding carboxylic acids is 1. The van der Waals surface area contributed by atoms with Crippen LogP contribution in [0.4, 0.5) is 10.7 Å². The maximum atomic E-state index is 12.6. The van der Waals surface area contributed by atoms with Crippen LogP contribution in [0.25, 0.3) is 5.69 Å². The Kier molecular flexibility index (Phi) is 5.04. The predicted octanol–water partition coefficient (Wildman–Crippen LogP) is 4.15. The summed E-state index contributed by atoms with van der Waals surface area (Å²) in [6.45, 7) is 5.48. The molecule has 1 aromatic carbocycles. The fourth-order valence-corrected chi connectivity index (χ4v) is 4.41. The minimum Gasteiger partial charge on any atom is -0.346 e. The van der Waals surface area contributed by atoms with Crippen LogP contribution in [0.15, 0.2) is 42.9 Å². The molecule has 2 aromatic heterocycles. The number of nitrogens with zero attached hydrogens (tertiary/aromatic N) is 6. The molecular weight excluding hydrogens is 426 g/mol. The topological polar surface area (TPSA) is 79.2 Å². The van der Waals surface area contributed by atoms with Gasteiger partial charge in [0.2, 0.25) is 5.95 Å². The summed E-state index contributed by atoms with van der Waals surface area (Å²) < 4.78 is 1.96. The molecule has 1 aliphatic carbocycles. The predicted molar refractivity (Wildman–Crippen MR) is 123 cm³/mol. The lowest BCUT2D eigenvalue weighted by atomic mass is 10.1. The zero-order valence-electron chi connectivity index (χ0n) is 18.4. The standard InChI is InChI=1S/C23H26ClN7O/c1-15-12-20(23(8-9-23)31-11-10-29(3)22(31)32)28-21(26-15)27-16(2)19-13-30(14-25-19)18-6-4-17(24)5-7-18/h4-7,12-14,16H,8-11H2,1-3H3,(H,26,27,28)/t16-/m0/s1. The van der Waals surface area contributed by atoms with Crippen molar-refractivity contribution in [2.45, 2.75) is 38.3 Å². The lowest BCUT2D eigenvalue weighted by Crippen LogP contribution is -2.39. The molecule has 0 unspecified atom stereocenters. The molecule has 0 bridgehead atoms. The van der Waals surface area contributed by atoms with E-state index in [0.29, 0.717) is 11.0 Å². The van der Waals surface area contributed by atoms with Gasteiger partial charge < -0.3 is 19.7 Å². The van der Waals surface area contributed by atoms with Crippen molar-refractivity contribution in [1.82, 2.24) is 29.3 Å². The van der Waals surface area contributed by atoms with Gasteiger partial charge in [0.1, 0.15) is 0 Å². The van der Waals surface area contributed by atoms with Crippen molar-refractivity contribution in [2.75, 3.05) is 25.5 Å². The average molecular weight is 452 g/mol. The Morgan fingerprint density at radius 3 is 2.56 bits per heavy atom. The Labute approximate surface area is 192 Å². The van der Waals surface area contributed by atoms with Crippen LogP contribution in [0.5, 0.6) is 0 Å². The molecule has 3 heterocycles. The number of likely N-dealkylation sites (N-methyl/N-ethyl adjacent to an activating group) is 1. The monoisotopic (exact) mass is 451 g/mol. The Balaban J connectivity index is 1.36. The SMILES string of the molecule is Cc1cc(C2(N3CCN(C)C3=O)CC2)nc(N[C@@H](C)c2cn(-c3ccc(Cl)cc3)cn2)n1. The second-order valence-electron chi connectivity index (χ2n) is 8.65. The molecule has 32 heavy (non-hydrogen) atoms. The van der Waals surface area contributed by atoms with E-state index in [9.17, 15) is 4.79 Å². The van der Waals surface area contributed by atoms with E-state index in [1.807, 2.05) is 66.9 Å². The number of urea groups is 1. The van der Waals surface area contributed by atoms with E-state index in [2.05, 4.69) is 15.3 Å². The number of aryl methyl sites for hydroxylation is 1. The number of halogens is 1. The van der Waals surface area contributed by atoms with Crippen LogP contribution in [-0.2, 0) is 5.54 Å². The molecule has 2 fully saturated rings. The van der Waals surface area contributed by atoms with Crippen LogP contribution < -0.4 is 5.32 Å². The minimum atomic E-state index is -0.300. The van der Waals surface area contributed by atoms with Gasteiger partial charge in [-0.15, -0.1) is 0 Å². The molecule has 1 aliphatic heterocycles. The number of amides is 2. The largest absolute Gasteiger partial charge is 0.346 e. The third kappa shape index (κ3) is 3.68. The van der Waals surface area contributed by atoms with Gasteiger partial charge in [0, 0.05) is 42.7 Å². The summed E-state index contributed by atoms with van der Waals surface area (Å²) in [5.41, 5.74) is 3.36. The lowest BCUT2D eigenvalue weighted by molar-refractivity contribution is 0.174. The molecule has 3 aromatic rings. The Bertz CT molecular complexity index is 1160. The van der Waals surface area contributed by atoms with Crippen LogP contribution in [0.1, 0.15) is 42.9 Å². The number of carbonyl (C=O) groups is 1. The normalized spacial score (nSPS) is 18.2. The summed E-state index contributed by atoms with van der Waals surface area (Å²) in [5.74, 6) is 0.555. The number of anilines is 1. The average Bonchev–Trinajstić information content (AvgIpc) is 3.28. The second kappa shape index (κ2) is 7.78. The first-order chi connectivity index (χ1) is 15.4. The van der Waals surface area contributed by atoms with E-state index in [1.54, 1.807) is 11.2 Å². The van der Waals surface area contributed by atoms with Crippen molar-refractivity contribution < 1.29 is 4.79 Å². The fourth-order valence-electron chi connectivity index (χ4n) is 4.28. The third-order valence-electron chi connectivity index (χ3n) is 6.30. The Hall–Kier alpha value is -3.13. The first kappa shape index (κ1) is 20.8. The van der Waals surface area contributed by atoms with Gasteiger partial charge in [-0.3, -0.25) is 0 Å². The summed E-state index contributed by atoms with van der Waals surface area (Å²) in [4.78, 5) is 30.3. The van der Waals surface area contributed by atoms with Crippen LogP contribution in [0, 0.1) is 6.92 Å². The first-order valence-corrected chi connectivity index (χ1v) is 11.2. The van der Waals surface area contributed by atoms with E-state index in [0.717, 1.165) is 48.7 Å². The molecule has 2 amide bonds. The van der Waals surface area contributed by atoms with Gasteiger partial charge in [-0.25, -0.2) is 19.7 Å². The zero-order chi connectivity index (χ0) is 22.5. The molecule has 1 saturated carbocycles. The molecule has 0 radical (unpaired) electrons. The highest BCUT2D eigenvalue weighted by molar-refractivity contribution is 6.30. The molecule has 5 rings (SSSR count). The van der Waals surface area contributed by atoms with E-state index in [-0.39, 0.29) is 17.6 Å². The highest BCUT2D eigenvalue weighted by Gasteiger charge is 2.55. The highest BCUT2D eigenvalue weighted by atomic mass is 35.5. The molecular formula is C23H26ClN7O. The summed E-state index contributed by atoms with van der Waals surface area (Å²) in [6.07, 6.45) is 5.64. The van der Waals surface area contributed by atoms with Crippen molar-refractivity contribution in [2.24, 2.45) is 0 Å². The molecule has 166 valence electrons. The van der Waals surface area contributed by atoms with Crippen molar-refractivity contribution in [3.05, 3.63) is 65.0 Å². The van der Waals surface area contributed by atoms with Crippen LogP contribution >= 0.6 is 11.6 Å². The number of nitrogens with one attached hydrogen (secondary N) is 1. The van der Waals surface area contributed by atoms with Crippen LogP contribution in [0.2, 0.25) is 5.02 Å². The molecule has 1 atom stereocenters. The molecule has 0 spiro atoms.